The third-order valence-electron chi connectivity index (χ3n) is 3.03. The van der Waals surface area contributed by atoms with Crippen molar-refractivity contribution >= 4 is 17.7 Å². The number of carbonyl (C=O) groups is 1. The lowest BCUT2D eigenvalue weighted by Crippen LogP contribution is -2.51. The van der Waals surface area contributed by atoms with E-state index in [4.69, 9.17) is 4.74 Å². The Bertz CT molecular complexity index is 246. The molecule has 1 rings (SSSR count). The molecule has 1 saturated heterocycles. The normalized spacial score (nSPS) is 39.4. The van der Waals surface area contributed by atoms with Gasteiger partial charge in [0.2, 0.25) is 0 Å². The molecule has 1 fully saturated rings. The number of carbonyl (C=O) groups excluding carboxylic acids is 1. The number of aliphatic hydroxyl groups excluding tert-OH is 1. The quantitative estimate of drug-likeness (QED) is 0.762. The molecule has 0 radical (unpaired) electrons. The van der Waals surface area contributed by atoms with Gasteiger partial charge in [-0.2, -0.15) is 0 Å². The molecule has 1 N–H and O–H groups in total. The second kappa shape index (κ2) is 5.89. The molecule has 0 saturated carbocycles. The summed E-state index contributed by atoms with van der Waals surface area (Å²) in [4.78, 5) is 11.5. The van der Waals surface area contributed by atoms with Crippen molar-refractivity contribution in [2.75, 3.05) is 12.9 Å². The molecule has 16 heavy (non-hydrogen) atoms. The van der Waals surface area contributed by atoms with Crippen LogP contribution in [0.4, 0.5) is 0 Å². The van der Waals surface area contributed by atoms with E-state index in [2.05, 4.69) is 4.74 Å². The van der Waals surface area contributed by atoms with Gasteiger partial charge in [-0.1, -0.05) is 20.8 Å². The van der Waals surface area contributed by atoms with E-state index in [1.54, 1.807) is 11.8 Å². The summed E-state index contributed by atoms with van der Waals surface area (Å²) in [7, 11) is 1.34. The number of rotatable bonds is 3. The number of thioether (sulfide) groups is 1. The van der Waals surface area contributed by atoms with Crippen LogP contribution in [0.1, 0.15) is 20.8 Å². The first-order valence-corrected chi connectivity index (χ1v) is 6.60. The first-order chi connectivity index (χ1) is 7.52. The minimum Gasteiger partial charge on any atom is -0.467 e. The zero-order valence-electron chi connectivity index (χ0n) is 10.2. The molecule has 0 aliphatic carbocycles. The van der Waals surface area contributed by atoms with Crippen LogP contribution in [0.15, 0.2) is 0 Å². The third-order valence-corrected chi connectivity index (χ3v) is 4.23. The average Bonchev–Trinajstić information content (AvgIpc) is 2.29. The van der Waals surface area contributed by atoms with E-state index >= 15 is 0 Å². The highest BCUT2D eigenvalue weighted by atomic mass is 32.2. The monoisotopic (exact) mass is 248 g/mol. The number of aliphatic hydroxyl groups is 1. The first-order valence-electron chi connectivity index (χ1n) is 5.55. The smallest absolute Gasteiger partial charge is 0.335 e. The molecule has 5 heteroatoms. The topological polar surface area (TPSA) is 55.8 Å². The van der Waals surface area contributed by atoms with Crippen molar-refractivity contribution in [3.63, 3.8) is 0 Å². The van der Waals surface area contributed by atoms with Crippen molar-refractivity contribution < 1.29 is 19.4 Å². The van der Waals surface area contributed by atoms with Crippen molar-refractivity contribution in [2.24, 2.45) is 11.8 Å². The molecule has 1 aliphatic rings. The molecule has 1 heterocycles. The Balaban J connectivity index is 2.76. The Kier molecular flexibility index (Phi) is 5.08. The van der Waals surface area contributed by atoms with Crippen LogP contribution in [0.3, 0.4) is 0 Å². The Labute approximate surface area is 101 Å². The number of esters is 1. The minimum atomic E-state index is -0.653. The minimum absolute atomic E-state index is 0.0286. The molecule has 5 atom stereocenters. The summed E-state index contributed by atoms with van der Waals surface area (Å²) < 4.78 is 10.4. The van der Waals surface area contributed by atoms with Gasteiger partial charge in [0.15, 0.2) is 6.10 Å². The summed E-state index contributed by atoms with van der Waals surface area (Å²) in [5.74, 6) is 0.293. The average molecular weight is 248 g/mol. The number of hydrogen-bond donors (Lipinski definition) is 1. The second-order valence-corrected chi connectivity index (χ2v) is 5.49. The number of ether oxygens (including phenoxy) is 2. The molecule has 0 amide bonds. The van der Waals surface area contributed by atoms with E-state index in [-0.39, 0.29) is 17.3 Å². The Morgan fingerprint density at radius 3 is 2.56 bits per heavy atom. The van der Waals surface area contributed by atoms with Gasteiger partial charge in [0, 0.05) is 11.8 Å². The largest absolute Gasteiger partial charge is 0.467 e. The molecule has 0 aromatic rings. The van der Waals surface area contributed by atoms with Crippen molar-refractivity contribution in [2.45, 2.75) is 38.4 Å². The van der Waals surface area contributed by atoms with Crippen LogP contribution < -0.4 is 0 Å². The molecule has 1 aliphatic heterocycles. The van der Waals surface area contributed by atoms with Crippen LogP contribution in [-0.4, -0.2) is 41.6 Å². The molecule has 0 aromatic heterocycles. The van der Waals surface area contributed by atoms with Crippen molar-refractivity contribution in [1.82, 2.24) is 0 Å². The van der Waals surface area contributed by atoms with Crippen molar-refractivity contribution in [3.05, 3.63) is 0 Å². The van der Waals surface area contributed by atoms with Gasteiger partial charge >= 0.3 is 5.97 Å². The van der Waals surface area contributed by atoms with Crippen LogP contribution in [-0.2, 0) is 14.3 Å². The van der Waals surface area contributed by atoms with Gasteiger partial charge in [0.25, 0.3) is 0 Å². The van der Waals surface area contributed by atoms with E-state index in [9.17, 15) is 9.90 Å². The van der Waals surface area contributed by atoms with Crippen LogP contribution in [0, 0.1) is 11.8 Å². The molecular formula is C11H20O4S. The third kappa shape index (κ3) is 2.70. The zero-order valence-corrected chi connectivity index (χ0v) is 11.0. The predicted octanol–water partition coefficient (Wildman–Crippen LogP) is 1.27. The molecule has 2 unspecified atom stereocenters. The predicted molar refractivity (Wildman–Crippen MR) is 63.1 cm³/mol. The van der Waals surface area contributed by atoms with Crippen molar-refractivity contribution in [1.29, 1.82) is 0 Å². The first kappa shape index (κ1) is 13.8. The lowest BCUT2D eigenvalue weighted by Gasteiger charge is -2.40. The summed E-state index contributed by atoms with van der Waals surface area (Å²) in [6.07, 6.45) is -1.18. The number of methoxy groups -OCH3 is 1. The summed E-state index contributed by atoms with van der Waals surface area (Å²) >= 11 is 1.61. The lowest BCUT2D eigenvalue weighted by atomic mass is 9.87. The van der Waals surface area contributed by atoms with E-state index < -0.39 is 18.2 Å². The van der Waals surface area contributed by atoms with Crippen LogP contribution in [0.5, 0.6) is 0 Å². The van der Waals surface area contributed by atoms with E-state index in [1.165, 1.54) is 7.11 Å². The Morgan fingerprint density at radius 1 is 1.44 bits per heavy atom. The lowest BCUT2D eigenvalue weighted by molar-refractivity contribution is -0.179. The van der Waals surface area contributed by atoms with Gasteiger partial charge in [-0.15, -0.1) is 11.8 Å². The Hall–Kier alpha value is -0.260. The summed E-state index contributed by atoms with van der Waals surface area (Å²) in [6.45, 7) is 5.79. The standard InChI is InChI=1S/C11H20O4S/c1-5-16-11-7(3)8(12)6(2)9(15-11)10(13)14-4/h6-9,11-12H,5H2,1-4H3/t6-,7?,8+,9?,11-/m1/s1. The molecule has 4 nitrogen and oxygen atoms in total. The van der Waals surface area contributed by atoms with Crippen LogP contribution in [0.25, 0.3) is 0 Å². The maximum atomic E-state index is 11.5. The van der Waals surface area contributed by atoms with E-state index in [0.717, 1.165) is 5.75 Å². The molecule has 94 valence electrons. The second-order valence-electron chi connectivity index (χ2n) is 4.11. The summed E-state index contributed by atoms with van der Waals surface area (Å²) in [5, 5.41) is 10.1. The maximum absolute atomic E-state index is 11.5. The van der Waals surface area contributed by atoms with Gasteiger partial charge in [0.05, 0.1) is 13.2 Å². The SMILES string of the molecule is CCS[C@H]1OC(C(=O)OC)[C@H](C)[C@H](O)C1C. The Morgan fingerprint density at radius 2 is 2.06 bits per heavy atom. The summed E-state index contributed by atoms with van der Waals surface area (Å²) in [6, 6.07) is 0. The fourth-order valence-corrected chi connectivity index (χ4v) is 2.94. The molecular weight excluding hydrogens is 228 g/mol. The molecule has 0 bridgehead atoms. The van der Waals surface area contributed by atoms with Crippen LogP contribution >= 0.6 is 11.8 Å². The number of hydrogen-bond acceptors (Lipinski definition) is 5. The van der Waals surface area contributed by atoms with Gasteiger partial charge < -0.3 is 14.6 Å². The molecule has 0 spiro atoms. The van der Waals surface area contributed by atoms with Gasteiger partial charge in [-0.3, -0.25) is 0 Å². The van der Waals surface area contributed by atoms with Crippen molar-refractivity contribution in [3.8, 4) is 0 Å². The zero-order chi connectivity index (χ0) is 12.3. The molecule has 0 aromatic carbocycles. The highest BCUT2D eigenvalue weighted by Gasteiger charge is 2.44. The van der Waals surface area contributed by atoms with Gasteiger partial charge in [0.1, 0.15) is 5.44 Å². The van der Waals surface area contributed by atoms with Gasteiger partial charge in [-0.25, -0.2) is 4.79 Å². The van der Waals surface area contributed by atoms with Crippen LogP contribution in [0.2, 0.25) is 0 Å². The fraction of sp³-hybridized carbons (Fsp3) is 0.909. The highest BCUT2D eigenvalue weighted by molar-refractivity contribution is 7.99. The maximum Gasteiger partial charge on any atom is 0.335 e. The van der Waals surface area contributed by atoms with E-state index in [0.29, 0.717) is 0 Å². The fourth-order valence-electron chi connectivity index (χ4n) is 1.95. The van der Waals surface area contributed by atoms with E-state index in [1.807, 2.05) is 20.8 Å². The highest BCUT2D eigenvalue weighted by Crippen LogP contribution is 2.35. The van der Waals surface area contributed by atoms with Gasteiger partial charge in [-0.05, 0) is 5.75 Å². The summed E-state index contributed by atoms with van der Waals surface area (Å²) in [5.41, 5.74) is -0.139.